The third-order valence-electron chi connectivity index (χ3n) is 4.87. The molecule has 1 saturated heterocycles. The van der Waals surface area contributed by atoms with Crippen LogP contribution in [0.5, 0.6) is 0 Å². The van der Waals surface area contributed by atoms with Crippen LogP contribution in [0.4, 0.5) is 4.39 Å². The Morgan fingerprint density at radius 2 is 1.66 bits per heavy atom. The number of carbonyl (C=O) groups is 1. The maximum Gasteiger partial charge on any atom is 0.282 e. The van der Waals surface area contributed by atoms with Gasteiger partial charge in [-0.1, -0.05) is 42.5 Å². The third kappa shape index (κ3) is 6.09. The first-order valence-corrected chi connectivity index (χ1v) is 11.1. The second kappa shape index (κ2) is 9.96. The van der Waals surface area contributed by atoms with Gasteiger partial charge in [0.15, 0.2) is 0 Å². The Kier molecular flexibility index (Phi) is 7.35. The minimum Gasteiger partial charge on any atom is -0.355 e. The summed E-state index contributed by atoms with van der Waals surface area (Å²) in [5.41, 5.74) is 1.92. The van der Waals surface area contributed by atoms with Crippen molar-refractivity contribution in [2.45, 2.75) is 25.8 Å². The lowest BCUT2D eigenvalue weighted by Gasteiger charge is -2.34. The maximum atomic E-state index is 13.1. The molecule has 1 heterocycles. The Labute approximate surface area is 171 Å². The number of nitrogens with one attached hydrogen (secondary N) is 1. The lowest BCUT2D eigenvalue weighted by Crippen LogP contribution is -2.52. The fourth-order valence-electron chi connectivity index (χ4n) is 3.31. The van der Waals surface area contributed by atoms with Gasteiger partial charge in [-0.05, 0) is 42.5 Å². The van der Waals surface area contributed by atoms with Crippen LogP contribution in [0, 0.1) is 5.82 Å². The molecule has 2 aromatic carbocycles. The average molecular weight is 420 g/mol. The molecule has 3 rings (SSSR count). The van der Waals surface area contributed by atoms with Crippen molar-refractivity contribution in [3.63, 3.8) is 0 Å². The largest absolute Gasteiger partial charge is 0.355 e. The number of nitrogens with zero attached hydrogens (tertiary/aromatic N) is 2. The summed E-state index contributed by atoms with van der Waals surface area (Å²) >= 11 is 0. The van der Waals surface area contributed by atoms with Gasteiger partial charge in [-0.25, -0.2) is 4.39 Å². The third-order valence-corrected chi connectivity index (χ3v) is 6.80. The highest BCUT2D eigenvalue weighted by atomic mass is 32.2. The fraction of sp³-hybridized carbons (Fsp3) is 0.381. The standard InChI is InChI=1S/C21H26FN3O3S/c22-20-11-9-19(10-12-20)16-24-14-5-15-25(29(24,27)28)17-21(26)23-13-4-8-18-6-2-1-3-7-18/h1-3,6-7,9-12H,4-5,8,13-17H2,(H,23,26). The van der Waals surface area contributed by atoms with Gasteiger partial charge >= 0.3 is 0 Å². The topological polar surface area (TPSA) is 69.7 Å². The quantitative estimate of drug-likeness (QED) is 0.668. The monoisotopic (exact) mass is 419 g/mol. The molecule has 8 heteroatoms. The first-order valence-electron chi connectivity index (χ1n) is 9.75. The van der Waals surface area contributed by atoms with Crippen LogP contribution in [-0.4, -0.2) is 49.1 Å². The number of halogens is 1. The van der Waals surface area contributed by atoms with E-state index >= 15 is 0 Å². The van der Waals surface area contributed by atoms with Crippen molar-refractivity contribution < 1.29 is 17.6 Å². The lowest BCUT2D eigenvalue weighted by molar-refractivity contribution is -0.121. The minimum atomic E-state index is -3.73. The Morgan fingerprint density at radius 1 is 0.966 bits per heavy atom. The summed E-state index contributed by atoms with van der Waals surface area (Å²) in [6.07, 6.45) is 2.29. The zero-order valence-electron chi connectivity index (χ0n) is 16.3. The van der Waals surface area contributed by atoms with Crippen LogP contribution in [0.1, 0.15) is 24.0 Å². The lowest BCUT2D eigenvalue weighted by atomic mass is 10.1. The van der Waals surface area contributed by atoms with Gasteiger partial charge in [-0.2, -0.15) is 17.0 Å². The molecule has 0 unspecified atom stereocenters. The van der Waals surface area contributed by atoms with E-state index in [1.165, 1.54) is 26.3 Å². The van der Waals surface area contributed by atoms with E-state index < -0.39 is 10.2 Å². The normalized spacial score (nSPS) is 17.1. The van der Waals surface area contributed by atoms with Gasteiger partial charge in [0.25, 0.3) is 10.2 Å². The Bertz CT molecular complexity index is 905. The van der Waals surface area contributed by atoms with Gasteiger partial charge in [-0.15, -0.1) is 0 Å². The molecule has 29 heavy (non-hydrogen) atoms. The summed E-state index contributed by atoms with van der Waals surface area (Å²) in [5, 5.41) is 2.80. The zero-order valence-corrected chi connectivity index (χ0v) is 17.1. The van der Waals surface area contributed by atoms with Crippen LogP contribution >= 0.6 is 0 Å². The van der Waals surface area contributed by atoms with Crippen LogP contribution in [0.3, 0.4) is 0 Å². The summed E-state index contributed by atoms with van der Waals surface area (Å²) in [7, 11) is -3.73. The molecule has 0 radical (unpaired) electrons. The number of rotatable bonds is 8. The molecule has 156 valence electrons. The molecule has 1 N–H and O–H groups in total. The molecule has 0 atom stereocenters. The van der Waals surface area contributed by atoms with Gasteiger partial charge in [0.05, 0.1) is 6.54 Å². The molecule has 0 spiro atoms. The van der Waals surface area contributed by atoms with Gasteiger partial charge in [0, 0.05) is 26.2 Å². The van der Waals surface area contributed by atoms with E-state index in [4.69, 9.17) is 0 Å². The number of benzene rings is 2. The van der Waals surface area contributed by atoms with Gasteiger partial charge in [-0.3, -0.25) is 4.79 Å². The molecule has 6 nitrogen and oxygen atoms in total. The van der Waals surface area contributed by atoms with E-state index in [1.54, 1.807) is 12.1 Å². The van der Waals surface area contributed by atoms with Crippen molar-refractivity contribution in [3.8, 4) is 0 Å². The maximum absolute atomic E-state index is 13.1. The molecule has 0 saturated carbocycles. The van der Waals surface area contributed by atoms with Gasteiger partial charge in [0.1, 0.15) is 5.82 Å². The molecule has 1 fully saturated rings. The summed E-state index contributed by atoms with van der Waals surface area (Å²) in [4.78, 5) is 12.2. The molecular weight excluding hydrogens is 393 g/mol. The predicted molar refractivity (Wildman–Crippen MR) is 110 cm³/mol. The predicted octanol–water partition coefficient (Wildman–Crippen LogP) is 2.33. The van der Waals surface area contributed by atoms with Crippen molar-refractivity contribution >= 4 is 16.1 Å². The molecule has 0 bridgehead atoms. The highest BCUT2D eigenvalue weighted by molar-refractivity contribution is 7.86. The highest BCUT2D eigenvalue weighted by Crippen LogP contribution is 2.19. The first-order chi connectivity index (χ1) is 13.9. The van der Waals surface area contributed by atoms with E-state index in [-0.39, 0.29) is 24.8 Å². The second-order valence-electron chi connectivity index (χ2n) is 7.09. The number of carbonyl (C=O) groups excluding carboxylic acids is 1. The number of hydrogen-bond donors (Lipinski definition) is 1. The molecule has 1 aliphatic rings. The van der Waals surface area contributed by atoms with Crippen LogP contribution in [0.25, 0.3) is 0 Å². The second-order valence-corrected chi connectivity index (χ2v) is 9.02. The smallest absolute Gasteiger partial charge is 0.282 e. The van der Waals surface area contributed by atoms with E-state index in [2.05, 4.69) is 5.32 Å². The molecule has 1 aliphatic heterocycles. The average Bonchev–Trinajstić information content (AvgIpc) is 2.71. The Hall–Kier alpha value is -2.29. The van der Waals surface area contributed by atoms with Gasteiger partial charge in [0.2, 0.25) is 5.91 Å². The zero-order chi connectivity index (χ0) is 20.7. The molecular formula is C21H26FN3O3S. The van der Waals surface area contributed by atoms with Crippen molar-refractivity contribution in [3.05, 3.63) is 71.5 Å². The summed E-state index contributed by atoms with van der Waals surface area (Å²) in [6.45, 7) is 1.18. The summed E-state index contributed by atoms with van der Waals surface area (Å²) in [6, 6.07) is 15.8. The van der Waals surface area contributed by atoms with E-state index in [1.807, 2.05) is 30.3 Å². The molecule has 2 aromatic rings. The van der Waals surface area contributed by atoms with Gasteiger partial charge < -0.3 is 5.32 Å². The van der Waals surface area contributed by atoms with Crippen LogP contribution in [0.2, 0.25) is 0 Å². The summed E-state index contributed by atoms with van der Waals surface area (Å²) < 4.78 is 41.3. The SMILES string of the molecule is O=C(CN1CCCN(Cc2ccc(F)cc2)S1(=O)=O)NCCCc1ccccc1. The number of aryl methyl sites for hydroxylation is 1. The molecule has 0 aromatic heterocycles. The van der Waals surface area contributed by atoms with Crippen LogP contribution < -0.4 is 5.32 Å². The number of hydrogen-bond acceptors (Lipinski definition) is 3. The summed E-state index contributed by atoms with van der Waals surface area (Å²) in [5.74, 6) is -0.661. The van der Waals surface area contributed by atoms with E-state index in [9.17, 15) is 17.6 Å². The number of amides is 1. The van der Waals surface area contributed by atoms with E-state index in [0.717, 1.165) is 12.8 Å². The Morgan fingerprint density at radius 3 is 2.38 bits per heavy atom. The Balaban J connectivity index is 1.49. The molecule has 0 aliphatic carbocycles. The van der Waals surface area contributed by atoms with Crippen LogP contribution in [0.15, 0.2) is 54.6 Å². The first kappa shape index (κ1) is 21.4. The van der Waals surface area contributed by atoms with Crippen molar-refractivity contribution in [1.29, 1.82) is 0 Å². The fourth-order valence-corrected chi connectivity index (χ4v) is 4.95. The van der Waals surface area contributed by atoms with Crippen molar-refractivity contribution in [2.75, 3.05) is 26.2 Å². The minimum absolute atomic E-state index is 0.164. The highest BCUT2D eigenvalue weighted by Gasteiger charge is 2.34. The van der Waals surface area contributed by atoms with Crippen molar-refractivity contribution in [1.82, 2.24) is 13.9 Å². The van der Waals surface area contributed by atoms with Crippen LogP contribution in [-0.2, 0) is 28.0 Å². The van der Waals surface area contributed by atoms with Crippen molar-refractivity contribution in [2.24, 2.45) is 0 Å². The van der Waals surface area contributed by atoms with E-state index in [0.29, 0.717) is 31.6 Å². The molecule has 1 amide bonds.